The van der Waals surface area contributed by atoms with Gasteiger partial charge in [0, 0.05) is 13.7 Å². The number of hydrogen-bond acceptors (Lipinski definition) is 2. The molecule has 0 aliphatic heterocycles. The number of rotatable bonds is 8. The molecule has 0 unspecified atom stereocenters. The van der Waals surface area contributed by atoms with Gasteiger partial charge in [-0.1, -0.05) is 45.9 Å². The minimum Gasteiger partial charge on any atom is -0.387 e. The van der Waals surface area contributed by atoms with Crippen molar-refractivity contribution in [3.8, 4) is 0 Å². The van der Waals surface area contributed by atoms with E-state index in [9.17, 15) is 0 Å². The lowest BCUT2D eigenvalue weighted by molar-refractivity contribution is 0.159. The molecule has 0 aromatic heterocycles. The lowest BCUT2D eigenvalue weighted by Gasteiger charge is -2.08. The molecule has 0 fully saturated rings. The highest BCUT2D eigenvalue weighted by Gasteiger charge is 1.91. The first-order chi connectivity index (χ1) is 7.16. The summed E-state index contributed by atoms with van der Waals surface area (Å²) in [5.74, 6) is 0. The van der Waals surface area contributed by atoms with Crippen LogP contribution in [0.25, 0.3) is 0 Å². The average molecular weight is 215 g/mol. The van der Waals surface area contributed by atoms with Crippen LogP contribution >= 0.6 is 0 Å². The molecule has 0 radical (unpaired) electrons. The van der Waals surface area contributed by atoms with Crippen LogP contribution in [0.4, 0.5) is 0 Å². The van der Waals surface area contributed by atoms with Crippen molar-refractivity contribution in [1.82, 2.24) is 5.32 Å². The Morgan fingerprint density at radius 3 is 2.40 bits per heavy atom. The van der Waals surface area contributed by atoms with Gasteiger partial charge in [0.25, 0.3) is 0 Å². The molecule has 0 amide bonds. The molecule has 0 aromatic carbocycles. The molecule has 0 aliphatic rings. The molecule has 0 spiro atoms. The maximum absolute atomic E-state index is 5.32. The van der Waals surface area contributed by atoms with E-state index >= 15 is 0 Å². The smallest absolute Gasteiger partial charge is 0.0672 e. The van der Waals surface area contributed by atoms with Crippen molar-refractivity contribution >= 4 is 0 Å². The first-order valence-corrected chi connectivity index (χ1v) is 5.80. The molecule has 0 bridgehead atoms. The van der Waals surface area contributed by atoms with E-state index in [1.165, 1.54) is 0 Å². The molecule has 0 saturated carbocycles. The van der Waals surface area contributed by atoms with E-state index < -0.39 is 0 Å². The Bertz CT molecular complexity index is 169. The first kappa shape index (κ1) is 16.7. The van der Waals surface area contributed by atoms with Crippen LogP contribution < -0.4 is 5.32 Å². The topological polar surface area (TPSA) is 21.3 Å². The zero-order chi connectivity index (χ0) is 12.1. The van der Waals surface area contributed by atoms with Crippen molar-refractivity contribution in [3.63, 3.8) is 0 Å². The molecule has 2 nitrogen and oxygen atoms in total. The van der Waals surface area contributed by atoms with Crippen LogP contribution in [0, 0.1) is 0 Å². The van der Waals surface area contributed by atoms with Gasteiger partial charge in [-0.2, -0.15) is 0 Å². The molecular weight excluding hydrogens is 186 g/mol. The fourth-order valence-corrected chi connectivity index (χ4v) is 0.937. The summed E-state index contributed by atoms with van der Waals surface area (Å²) in [5.41, 5.74) is 2.16. The highest BCUT2D eigenvalue weighted by atomic mass is 16.5. The van der Waals surface area contributed by atoms with E-state index in [1.807, 2.05) is 20.8 Å². The Kier molecular flexibility index (Phi) is 14.7. The van der Waals surface area contributed by atoms with Gasteiger partial charge < -0.3 is 10.1 Å². The molecule has 0 saturated heterocycles. The number of allylic oxidation sites excluding steroid dienone is 1. The summed E-state index contributed by atoms with van der Waals surface area (Å²) in [5, 5.41) is 3.21. The van der Waals surface area contributed by atoms with Crippen molar-refractivity contribution in [1.29, 1.82) is 0 Å². The van der Waals surface area contributed by atoms with E-state index in [1.54, 1.807) is 0 Å². The summed E-state index contributed by atoms with van der Waals surface area (Å²) >= 11 is 0. The first-order valence-electron chi connectivity index (χ1n) is 5.80. The normalized spacial score (nSPS) is 8.80. The third-order valence-electron chi connectivity index (χ3n) is 1.52. The molecule has 0 rings (SSSR count). The van der Waals surface area contributed by atoms with Crippen molar-refractivity contribution in [2.75, 3.05) is 19.8 Å². The standard InChI is InChI=1S/C11H21NO.C2H6.H2/c1-5-6-11(4)12-7-8-13-9-10(2)3;1-2;/h12H,2,4-9H2,1,3H3;1-2H3;1H. The minimum absolute atomic E-state index is 0. The third kappa shape index (κ3) is 16.0. The summed E-state index contributed by atoms with van der Waals surface area (Å²) in [4.78, 5) is 0. The highest BCUT2D eigenvalue weighted by molar-refractivity contribution is 4.90. The fraction of sp³-hybridized carbons (Fsp3) is 0.692. The monoisotopic (exact) mass is 215 g/mol. The van der Waals surface area contributed by atoms with Gasteiger partial charge in [-0.25, -0.2) is 0 Å². The molecule has 0 aromatic rings. The lowest BCUT2D eigenvalue weighted by atomic mass is 10.3. The predicted octanol–water partition coefficient (Wildman–Crippen LogP) is 3.75. The molecule has 0 atom stereocenters. The molecule has 15 heavy (non-hydrogen) atoms. The Hall–Kier alpha value is -0.760. The van der Waals surface area contributed by atoms with Crippen LogP contribution in [0.2, 0.25) is 0 Å². The second-order valence-corrected chi connectivity index (χ2v) is 3.29. The molecular formula is C13H29NO. The molecule has 0 heterocycles. The van der Waals surface area contributed by atoms with Crippen molar-refractivity contribution in [3.05, 3.63) is 24.4 Å². The van der Waals surface area contributed by atoms with Crippen LogP contribution in [0.5, 0.6) is 0 Å². The molecule has 92 valence electrons. The van der Waals surface area contributed by atoms with Gasteiger partial charge in [0.1, 0.15) is 0 Å². The van der Waals surface area contributed by atoms with Gasteiger partial charge in [0.2, 0.25) is 0 Å². The van der Waals surface area contributed by atoms with Gasteiger partial charge in [-0.05, 0) is 13.3 Å². The maximum atomic E-state index is 5.32. The van der Waals surface area contributed by atoms with E-state index in [4.69, 9.17) is 4.74 Å². The summed E-state index contributed by atoms with van der Waals surface area (Å²) < 4.78 is 5.32. The fourth-order valence-electron chi connectivity index (χ4n) is 0.937. The lowest BCUT2D eigenvalue weighted by Crippen LogP contribution is -2.18. The van der Waals surface area contributed by atoms with Crippen LogP contribution in [0.3, 0.4) is 0 Å². The molecule has 0 aliphatic carbocycles. The Labute approximate surface area is 96.9 Å². The summed E-state index contributed by atoms with van der Waals surface area (Å²) in [6.45, 7) is 18.0. The van der Waals surface area contributed by atoms with Crippen molar-refractivity contribution < 1.29 is 6.16 Å². The van der Waals surface area contributed by atoms with Gasteiger partial charge in [0.05, 0.1) is 13.2 Å². The SMILES string of the molecule is C=C(C)COCCNC(=C)CCC.CC.[HH]. The third-order valence-corrected chi connectivity index (χ3v) is 1.52. The average Bonchev–Trinajstić information content (AvgIpc) is 2.20. The van der Waals surface area contributed by atoms with Crippen molar-refractivity contribution in [2.24, 2.45) is 0 Å². The summed E-state index contributed by atoms with van der Waals surface area (Å²) in [7, 11) is 0. The summed E-state index contributed by atoms with van der Waals surface area (Å²) in [6, 6.07) is 0. The zero-order valence-corrected chi connectivity index (χ0v) is 10.9. The van der Waals surface area contributed by atoms with E-state index in [0.29, 0.717) is 6.61 Å². The van der Waals surface area contributed by atoms with Crippen molar-refractivity contribution in [2.45, 2.75) is 40.5 Å². The van der Waals surface area contributed by atoms with Gasteiger partial charge >= 0.3 is 0 Å². The number of hydrogen-bond donors (Lipinski definition) is 1. The van der Waals surface area contributed by atoms with Gasteiger partial charge in [-0.3, -0.25) is 0 Å². The van der Waals surface area contributed by atoms with Gasteiger partial charge in [-0.15, -0.1) is 0 Å². The maximum Gasteiger partial charge on any atom is 0.0672 e. The molecule has 2 heteroatoms. The van der Waals surface area contributed by atoms with Crippen LogP contribution in [-0.4, -0.2) is 19.8 Å². The number of nitrogens with one attached hydrogen (secondary N) is 1. The van der Waals surface area contributed by atoms with E-state index in [-0.39, 0.29) is 1.43 Å². The predicted molar refractivity (Wildman–Crippen MR) is 71.1 cm³/mol. The minimum atomic E-state index is 0. The van der Waals surface area contributed by atoms with Gasteiger partial charge in [0.15, 0.2) is 0 Å². The van der Waals surface area contributed by atoms with Crippen LogP contribution in [0.1, 0.15) is 42.0 Å². The molecule has 1 N–H and O–H groups in total. The largest absolute Gasteiger partial charge is 0.387 e. The Morgan fingerprint density at radius 1 is 1.33 bits per heavy atom. The van der Waals surface area contributed by atoms with E-state index in [0.717, 1.165) is 37.3 Å². The highest BCUT2D eigenvalue weighted by Crippen LogP contribution is 1.96. The van der Waals surface area contributed by atoms with Crippen LogP contribution in [0.15, 0.2) is 24.4 Å². The second kappa shape index (κ2) is 13.2. The summed E-state index contributed by atoms with van der Waals surface area (Å²) in [6.07, 6.45) is 2.18. The second-order valence-electron chi connectivity index (χ2n) is 3.29. The van der Waals surface area contributed by atoms with Crippen LogP contribution in [-0.2, 0) is 4.74 Å². The quantitative estimate of drug-likeness (QED) is 0.492. The van der Waals surface area contributed by atoms with E-state index in [2.05, 4.69) is 25.4 Å². The number of ether oxygens (including phenoxy) is 1. The Morgan fingerprint density at radius 2 is 1.93 bits per heavy atom. The Balaban J connectivity index is -0.000000529. The zero-order valence-electron chi connectivity index (χ0n) is 10.9.